The number of fused-ring (bicyclic) bond motifs is 6. The molecular weight excluding hydrogens is 881 g/mol. The molecule has 8 rings (SSSR count). The molecule has 2 aromatic carbocycles. The number of pyridine rings is 1. The molecule has 1 unspecified atom stereocenters. The average Bonchev–Trinajstić information content (AvgIpc) is 4.02. The summed E-state index contributed by atoms with van der Waals surface area (Å²) in [5.74, 6) is -2.53. The van der Waals surface area contributed by atoms with Crippen molar-refractivity contribution in [3.63, 3.8) is 0 Å². The van der Waals surface area contributed by atoms with Crippen LogP contribution in [0, 0.1) is 11.3 Å². The van der Waals surface area contributed by atoms with Crippen molar-refractivity contribution in [2.24, 2.45) is 11.3 Å². The van der Waals surface area contributed by atoms with Gasteiger partial charge in [-0.1, -0.05) is 39.8 Å². The summed E-state index contributed by atoms with van der Waals surface area (Å²) in [5.41, 5.74) is 9.48. The number of esters is 1. The van der Waals surface area contributed by atoms with Gasteiger partial charge in [-0.25, -0.2) is 5.43 Å². The van der Waals surface area contributed by atoms with Gasteiger partial charge in [0.1, 0.15) is 29.9 Å². The highest BCUT2D eigenvalue weighted by Gasteiger charge is 2.48. The van der Waals surface area contributed by atoms with Crippen LogP contribution in [0.5, 0.6) is 5.75 Å². The first-order valence-corrected chi connectivity index (χ1v) is 24.2. The quantitative estimate of drug-likeness (QED) is 0.134. The summed E-state index contributed by atoms with van der Waals surface area (Å²) in [6.07, 6.45) is 2.93. The number of hydrogen-bond donors (Lipinski definition) is 3. The van der Waals surface area contributed by atoms with E-state index in [1.807, 2.05) is 39.0 Å². The molecule has 370 valence electrons. The number of carbonyl (C=O) groups is 5. The largest absolute Gasteiger partial charge is 0.508 e. The Morgan fingerprint density at radius 3 is 2.52 bits per heavy atom. The predicted molar refractivity (Wildman–Crippen MR) is 259 cm³/mol. The molecular formula is C52H68N8O9. The second-order valence-electron chi connectivity index (χ2n) is 20.3. The van der Waals surface area contributed by atoms with Crippen LogP contribution in [-0.4, -0.2) is 155 Å². The maximum Gasteiger partial charge on any atom is 0.324 e. The predicted octanol–water partition coefficient (Wildman–Crippen LogP) is 4.48. The number of phenols is 1. The average molecular weight is 949 g/mol. The van der Waals surface area contributed by atoms with Gasteiger partial charge in [-0.3, -0.25) is 38.9 Å². The summed E-state index contributed by atoms with van der Waals surface area (Å²) in [5, 5.41) is 16.7. The number of phenolic OH excluding ortho intramolecular Hbond substituents is 1. The Hall–Kier alpha value is -5.88. The molecule has 17 heteroatoms. The van der Waals surface area contributed by atoms with Crippen LogP contribution < -0.4 is 10.7 Å². The van der Waals surface area contributed by atoms with Gasteiger partial charge in [-0.2, -0.15) is 0 Å². The van der Waals surface area contributed by atoms with Crippen molar-refractivity contribution in [2.75, 3.05) is 60.7 Å². The van der Waals surface area contributed by atoms with Crippen molar-refractivity contribution in [2.45, 2.75) is 110 Å². The number of nitrogens with one attached hydrogen (secondary N) is 2. The minimum absolute atomic E-state index is 0.0189. The fraction of sp³-hybridized carbons (Fsp3) is 0.538. The summed E-state index contributed by atoms with van der Waals surface area (Å²) >= 11 is 0. The van der Waals surface area contributed by atoms with Gasteiger partial charge in [0.25, 0.3) is 5.91 Å². The van der Waals surface area contributed by atoms with E-state index in [1.54, 1.807) is 32.5 Å². The molecule has 0 radical (unpaired) electrons. The molecule has 0 aliphatic carbocycles. The van der Waals surface area contributed by atoms with Crippen LogP contribution in [0.1, 0.15) is 77.3 Å². The third-order valence-corrected chi connectivity index (χ3v) is 14.2. The Kier molecular flexibility index (Phi) is 14.5. The topological polar surface area (TPSA) is 188 Å². The lowest BCUT2D eigenvalue weighted by atomic mass is 9.84. The first-order valence-electron chi connectivity index (χ1n) is 24.2. The zero-order chi connectivity index (χ0) is 49.5. The van der Waals surface area contributed by atoms with Crippen molar-refractivity contribution in [3.05, 3.63) is 71.5 Å². The van der Waals surface area contributed by atoms with Gasteiger partial charge in [0.05, 0.1) is 49.9 Å². The Morgan fingerprint density at radius 1 is 1.06 bits per heavy atom. The normalized spacial score (nSPS) is 22.6. The third kappa shape index (κ3) is 10.4. The number of aryl methyl sites for hydroxylation is 1. The SMILES string of the molecule is CCn1c(-c2cccnc2[C@H](C)OC)c2c3cc(ccc31)-c1cc(O)cc(c1)C[C@H](NC(=O)[C@H](C(C)C)N(C)C(=O)CN(C)C(=O)[C@H]1CN1C1COC1)C(=O)N1CCC[C@H](N1)C(=O)OCC(C)(C)C2. The van der Waals surface area contributed by atoms with E-state index in [0.717, 1.165) is 39.0 Å². The first-order chi connectivity index (χ1) is 32.9. The standard InChI is InChI=1S/C52H68N8O9/c1-10-58-42-16-15-33-23-38(42)39(47(58)37-13-11-17-53-45(37)31(4)67-9)24-52(5,6)29-69-51(66)40-14-12-18-60(55-40)49(64)41(21-32-19-34(33)22-36(61)20-32)54-48(63)46(30(2)3)57(8)44(62)26-56(7)50(65)43-25-59(43)35-27-68-28-35/h11,13,15-17,19-20,22-23,30-31,35,40-41,43,46,55,61H,10,12,14,18,21,24-29H2,1-9H3,(H,54,63)/t31-,40-,41-,43+,46-,59?/m0/s1. The van der Waals surface area contributed by atoms with Crippen LogP contribution in [0.3, 0.4) is 0 Å². The minimum atomic E-state index is -1.18. The van der Waals surface area contributed by atoms with Gasteiger partial charge in [0.2, 0.25) is 17.7 Å². The molecule has 3 N–H and O–H groups in total. The van der Waals surface area contributed by atoms with Crippen molar-refractivity contribution in [3.8, 4) is 28.1 Å². The summed E-state index contributed by atoms with van der Waals surface area (Å²) in [7, 11) is 4.79. The summed E-state index contributed by atoms with van der Waals surface area (Å²) in [6, 6.07) is 12.3. The Balaban J connectivity index is 1.15. The van der Waals surface area contributed by atoms with Gasteiger partial charge in [-0.05, 0) is 97.7 Å². The third-order valence-electron chi connectivity index (χ3n) is 14.2. The fourth-order valence-electron chi connectivity index (χ4n) is 10.2. The number of aromatic hydroxyl groups is 1. The molecule has 0 spiro atoms. The van der Waals surface area contributed by atoms with Gasteiger partial charge in [0.15, 0.2) is 0 Å². The minimum Gasteiger partial charge on any atom is -0.508 e. The number of nitrogens with zero attached hydrogens (tertiary/aromatic N) is 6. The van der Waals surface area contributed by atoms with Crippen LogP contribution in [-0.2, 0) is 57.6 Å². The number of ether oxygens (including phenoxy) is 3. The number of amides is 4. The van der Waals surface area contributed by atoms with E-state index in [2.05, 4.69) is 59.2 Å². The van der Waals surface area contributed by atoms with E-state index in [1.165, 1.54) is 21.9 Å². The number of hydrogen-bond acceptors (Lipinski definition) is 12. The lowest BCUT2D eigenvalue weighted by Gasteiger charge is -2.37. The highest BCUT2D eigenvalue weighted by Crippen LogP contribution is 2.42. The Labute approximate surface area is 404 Å². The number of rotatable bonds is 12. The zero-order valence-corrected chi connectivity index (χ0v) is 41.4. The van der Waals surface area contributed by atoms with Gasteiger partial charge in [0, 0.05) is 75.3 Å². The van der Waals surface area contributed by atoms with E-state index in [9.17, 15) is 29.1 Å². The molecule has 4 aliphatic rings. The van der Waals surface area contributed by atoms with Crippen LogP contribution in [0.2, 0.25) is 0 Å². The van der Waals surface area contributed by atoms with Gasteiger partial charge >= 0.3 is 5.97 Å². The lowest BCUT2D eigenvalue weighted by Crippen LogP contribution is -2.62. The van der Waals surface area contributed by atoms with Crippen molar-refractivity contribution < 1.29 is 43.3 Å². The Morgan fingerprint density at radius 2 is 1.83 bits per heavy atom. The molecule has 17 nitrogen and oxygen atoms in total. The molecule has 0 saturated carbocycles. The van der Waals surface area contributed by atoms with Crippen LogP contribution in [0.15, 0.2) is 54.7 Å². The van der Waals surface area contributed by atoms with Crippen molar-refractivity contribution in [1.29, 1.82) is 0 Å². The van der Waals surface area contributed by atoms with Gasteiger partial charge < -0.3 is 39.0 Å². The fourth-order valence-corrected chi connectivity index (χ4v) is 10.2. The smallest absolute Gasteiger partial charge is 0.324 e. The summed E-state index contributed by atoms with van der Waals surface area (Å²) in [4.78, 5) is 79.9. The van der Waals surface area contributed by atoms with E-state index < -0.39 is 47.2 Å². The number of aromatic nitrogens is 2. The maximum atomic E-state index is 14.8. The highest BCUT2D eigenvalue weighted by molar-refractivity contribution is 5.96. The van der Waals surface area contributed by atoms with E-state index >= 15 is 0 Å². The van der Waals surface area contributed by atoms with Crippen molar-refractivity contribution >= 4 is 40.5 Å². The number of likely N-dealkylation sites (N-methyl/N-ethyl adjacent to an activating group) is 2. The molecule has 2 aromatic heterocycles. The molecule has 4 amide bonds. The Bertz CT molecular complexity index is 2610. The van der Waals surface area contributed by atoms with Crippen LogP contribution in [0.25, 0.3) is 33.3 Å². The van der Waals surface area contributed by atoms with Crippen LogP contribution in [0.4, 0.5) is 0 Å². The summed E-state index contributed by atoms with van der Waals surface area (Å²) in [6.45, 7) is 14.5. The monoisotopic (exact) mass is 949 g/mol. The number of carbonyl (C=O) groups excluding carboxylic acids is 5. The lowest BCUT2D eigenvalue weighted by molar-refractivity contribution is -0.155. The van der Waals surface area contributed by atoms with Gasteiger partial charge in [-0.15, -0.1) is 0 Å². The first kappa shape index (κ1) is 49.5. The van der Waals surface area contributed by atoms with Crippen molar-refractivity contribution in [1.82, 2.24) is 40.0 Å². The molecule has 6 bridgehead atoms. The second kappa shape index (κ2) is 20.2. The van der Waals surface area contributed by atoms with Crippen LogP contribution >= 0.6 is 0 Å². The summed E-state index contributed by atoms with van der Waals surface area (Å²) < 4.78 is 19.5. The molecule has 6 heterocycles. The number of hydrazine groups is 1. The van der Waals surface area contributed by atoms with E-state index in [-0.39, 0.29) is 61.9 Å². The number of cyclic esters (lactones) is 1. The second-order valence-corrected chi connectivity index (χ2v) is 20.3. The number of methoxy groups -OCH3 is 1. The zero-order valence-electron chi connectivity index (χ0n) is 41.4. The maximum absolute atomic E-state index is 14.8. The molecule has 69 heavy (non-hydrogen) atoms. The van der Waals surface area contributed by atoms with E-state index in [4.69, 9.17) is 19.2 Å². The van der Waals surface area contributed by atoms with E-state index in [0.29, 0.717) is 56.7 Å². The molecule has 3 saturated heterocycles. The highest BCUT2D eigenvalue weighted by atomic mass is 16.5. The number of benzene rings is 2. The molecule has 4 aromatic rings. The molecule has 4 aliphatic heterocycles. The molecule has 6 atom stereocenters. The molecule has 3 fully saturated rings.